The van der Waals surface area contributed by atoms with Gasteiger partial charge in [-0.05, 0) is 35.9 Å². The molecule has 0 aliphatic carbocycles. The molecule has 0 atom stereocenters. The zero-order valence-electron chi connectivity index (χ0n) is 8.24. The second kappa shape index (κ2) is 3.41. The van der Waals surface area contributed by atoms with Gasteiger partial charge in [0.2, 0.25) is 0 Å². The highest BCUT2D eigenvalue weighted by molar-refractivity contribution is 5.81. The Morgan fingerprint density at radius 2 is 2.00 bits per heavy atom. The number of fused-ring (bicyclic) bond motifs is 1. The number of aromatic nitrogens is 3. The van der Waals surface area contributed by atoms with Crippen molar-refractivity contribution in [2.24, 2.45) is 0 Å². The van der Waals surface area contributed by atoms with Crippen molar-refractivity contribution in [1.29, 1.82) is 0 Å². The van der Waals surface area contributed by atoms with Crippen molar-refractivity contribution in [2.75, 3.05) is 0 Å². The summed E-state index contributed by atoms with van der Waals surface area (Å²) in [6, 6.07) is 8.18. The molecule has 3 aromatic rings. The lowest BCUT2D eigenvalue weighted by molar-refractivity contribution is 0.628. The zero-order valence-corrected chi connectivity index (χ0v) is 8.24. The Morgan fingerprint density at radius 3 is 2.75 bits per heavy atom. The van der Waals surface area contributed by atoms with Crippen LogP contribution in [0.15, 0.2) is 36.7 Å². The quantitative estimate of drug-likeness (QED) is 0.673. The minimum absolute atomic E-state index is 0.244. The summed E-state index contributed by atoms with van der Waals surface area (Å²) < 4.78 is 12.8. The third kappa shape index (κ3) is 1.44. The fourth-order valence-corrected chi connectivity index (χ4v) is 1.60. The summed E-state index contributed by atoms with van der Waals surface area (Å²) in [4.78, 5) is 11.0. The molecule has 1 aromatic carbocycles. The maximum Gasteiger partial charge on any atom is 0.141 e. The monoisotopic (exact) mass is 212 g/mol. The standard InChI is InChI=1S/C12H7FN3/c13-10-3-1-8(2-4-10)11-5-9-6-14-7-15-12(9)16-11/h1-5,7H,(H,14,15,16). The molecular formula is C12H7FN3. The van der Waals surface area contributed by atoms with Crippen molar-refractivity contribution >= 4 is 11.0 Å². The summed E-state index contributed by atoms with van der Waals surface area (Å²) in [5, 5.41) is 0.821. The summed E-state index contributed by atoms with van der Waals surface area (Å²) in [7, 11) is 0. The lowest BCUT2D eigenvalue weighted by Crippen LogP contribution is -1.79. The number of rotatable bonds is 1. The lowest BCUT2D eigenvalue weighted by Gasteiger charge is -1.96. The highest BCUT2D eigenvalue weighted by atomic mass is 19.1. The van der Waals surface area contributed by atoms with Crippen LogP contribution in [0, 0.1) is 12.0 Å². The van der Waals surface area contributed by atoms with Crippen LogP contribution in [0.3, 0.4) is 0 Å². The Labute approximate surface area is 91.0 Å². The topological polar surface area (TPSA) is 41.6 Å². The number of halogens is 1. The Kier molecular flexibility index (Phi) is 1.93. The van der Waals surface area contributed by atoms with Gasteiger partial charge in [-0.25, -0.2) is 14.4 Å². The van der Waals surface area contributed by atoms with Crippen molar-refractivity contribution in [1.82, 2.24) is 15.0 Å². The molecule has 0 fully saturated rings. The van der Waals surface area contributed by atoms with Gasteiger partial charge < -0.3 is 4.98 Å². The first-order chi connectivity index (χ1) is 7.83. The molecule has 0 aliphatic heterocycles. The van der Waals surface area contributed by atoms with E-state index in [1.807, 2.05) is 6.07 Å². The van der Waals surface area contributed by atoms with Crippen LogP contribution in [0.1, 0.15) is 0 Å². The molecule has 0 unspecified atom stereocenters. The van der Waals surface area contributed by atoms with Gasteiger partial charge in [-0.1, -0.05) is 0 Å². The number of hydrogen-bond acceptors (Lipinski definition) is 2. The molecule has 16 heavy (non-hydrogen) atoms. The number of hydrogen-bond donors (Lipinski definition) is 1. The summed E-state index contributed by atoms with van der Waals surface area (Å²) in [6.07, 6.45) is 4.27. The van der Waals surface area contributed by atoms with Crippen molar-refractivity contribution < 1.29 is 4.39 Å². The average molecular weight is 212 g/mol. The van der Waals surface area contributed by atoms with E-state index in [0.717, 1.165) is 22.3 Å². The van der Waals surface area contributed by atoms with E-state index in [-0.39, 0.29) is 5.82 Å². The molecule has 3 rings (SSSR count). The number of aromatic amines is 1. The minimum Gasteiger partial charge on any atom is -0.339 e. The van der Waals surface area contributed by atoms with Gasteiger partial charge in [-0.2, -0.15) is 0 Å². The number of H-pyrrole nitrogens is 1. The maximum atomic E-state index is 12.8. The van der Waals surface area contributed by atoms with Crippen molar-refractivity contribution in [3.63, 3.8) is 0 Å². The van der Waals surface area contributed by atoms with Gasteiger partial charge in [0.15, 0.2) is 0 Å². The minimum atomic E-state index is -0.244. The van der Waals surface area contributed by atoms with E-state index in [9.17, 15) is 4.39 Å². The molecule has 0 spiro atoms. The molecule has 2 aromatic heterocycles. The molecule has 1 N–H and O–H groups in total. The lowest BCUT2D eigenvalue weighted by atomic mass is 10.1. The molecule has 1 radical (unpaired) electrons. The second-order valence-electron chi connectivity index (χ2n) is 3.44. The smallest absolute Gasteiger partial charge is 0.141 e. The van der Waals surface area contributed by atoms with Gasteiger partial charge in [0.1, 0.15) is 24.0 Å². The fourth-order valence-electron chi connectivity index (χ4n) is 1.60. The van der Waals surface area contributed by atoms with Gasteiger partial charge in [0.25, 0.3) is 0 Å². The molecular weight excluding hydrogens is 205 g/mol. The molecule has 0 bridgehead atoms. The van der Waals surface area contributed by atoms with Crippen LogP contribution >= 0.6 is 0 Å². The predicted molar refractivity (Wildman–Crippen MR) is 58.1 cm³/mol. The van der Waals surface area contributed by atoms with Crippen LogP contribution in [0.2, 0.25) is 0 Å². The average Bonchev–Trinajstić information content (AvgIpc) is 2.73. The van der Waals surface area contributed by atoms with E-state index in [0.29, 0.717) is 0 Å². The maximum absolute atomic E-state index is 12.8. The Bertz CT molecular complexity index is 595. The van der Waals surface area contributed by atoms with E-state index < -0.39 is 0 Å². The first kappa shape index (κ1) is 9.03. The summed E-state index contributed by atoms with van der Waals surface area (Å²) in [6.45, 7) is 0. The fraction of sp³-hybridized carbons (Fsp3) is 0. The first-order valence-electron chi connectivity index (χ1n) is 4.80. The molecule has 77 valence electrons. The third-order valence-electron chi connectivity index (χ3n) is 2.38. The van der Waals surface area contributed by atoms with Crippen molar-refractivity contribution in [2.45, 2.75) is 0 Å². The Balaban J connectivity index is 2.15. The first-order valence-corrected chi connectivity index (χ1v) is 4.80. The number of nitrogens with one attached hydrogen (secondary N) is 1. The SMILES string of the molecule is Fc1ccc(-c2cc3[c]ncnc3[nH]2)cc1. The number of benzene rings is 1. The Morgan fingerprint density at radius 1 is 1.19 bits per heavy atom. The van der Waals surface area contributed by atoms with Crippen LogP contribution in [0.25, 0.3) is 22.3 Å². The molecule has 0 saturated heterocycles. The summed E-state index contributed by atoms with van der Waals surface area (Å²) in [5.74, 6) is -0.244. The normalized spacial score (nSPS) is 10.8. The van der Waals surface area contributed by atoms with Gasteiger partial charge >= 0.3 is 0 Å². The highest BCUT2D eigenvalue weighted by Gasteiger charge is 2.04. The third-order valence-corrected chi connectivity index (χ3v) is 2.38. The largest absolute Gasteiger partial charge is 0.339 e. The van der Waals surface area contributed by atoms with E-state index >= 15 is 0 Å². The van der Waals surface area contributed by atoms with Crippen LogP contribution in [0.5, 0.6) is 0 Å². The van der Waals surface area contributed by atoms with Crippen LogP contribution in [-0.2, 0) is 0 Å². The van der Waals surface area contributed by atoms with E-state index in [4.69, 9.17) is 0 Å². The van der Waals surface area contributed by atoms with Crippen LogP contribution < -0.4 is 0 Å². The highest BCUT2D eigenvalue weighted by Crippen LogP contribution is 2.22. The van der Waals surface area contributed by atoms with Gasteiger partial charge in [0, 0.05) is 11.1 Å². The van der Waals surface area contributed by atoms with Crippen molar-refractivity contribution in [3.8, 4) is 11.3 Å². The predicted octanol–water partition coefficient (Wildman–Crippen LogP) is 2.56. The molecule has 2 heterocycles. The summed E-state index contributed by atoms with van der Waals surface area (Å²) >= 11 is 0. The van der Waals surface area contributed by atoms with Crippen molar-refractivity contribution in [3.05, 3.63) is 48.7 Å². The molecule has 3 nitrogen and oxygen atoms in total. The molecule has 0 aliphatic rings. The van der Waals surface area contributed by atoms with Gasteiger partial charge in [-0.15, -0.1) is 0 Å². The molecule has 4 heteroatoms. The summed E-state index contributed by atoms with van der Waals surface area (Å²) in [5.41, 5.74) is 2.52. The van der Waals surface area contributed by atoms with E-state index in [1.165, 1.54) is 18.5 Å². The van der Waals surface area contributed by atoms with E-state index in [1.54, 1.807) is 12.1 Å². The second-order valence-corrected chi connectivity index (χ2v) is 3.44. The zero-order chi connectivity index (χ0) is 11.0. The van der Waals surface area contributed by atoms with Gasteiger partial charge in [0.05, 0.1) is 0 Å². The van der Waals surface area contributed by atoms with E-state index in [2.05, 4.69) is 21.1 Å². The van der Waals surface area contributed by atoms with Gasteiger partial charge in [-0.3, -0.25) is 0 Å². The van der Waals surface area contributed by atoms with Crippen LogP contribution in [0.4, 0.5) is 4.39 Å². The Hall–Kier alpha value is -2.23. The molecule has 0 saturated carbocycles. The molecule has 0 amide bonds. The van der Waals surface area contributed by atoms with Crippen LogP contribution in [-0.4, -0.2) is 15.0 Å². The number of nitrogens with zero attached hydrogens (tertiary/aromatic N) is 2.